The van der Waals surface area contributed by atoms with Crippen molar-refractivity contribution >= 4 is 22.1 Å². The third-order valence-electron chi connectivity index (χ3n) is 3.87. The van der Waals surface area contributed by atoms with Gasteiger partial charge in [-0.2, -0.15) is 14.8 Å². The fourth-order valence-electron chi connectivity index (χ4n) is 2.40. The van der Waals surface area contributed by atoms with Crippen LogP contribution in [0.15, 0.2) is 12.2 Å². The monoisotopic (exact) mass is 442 g/mol. The van der Waals surface area contributed by atoms with Crippen LogP contribution in [-0.2, 0) is 24.4 Å². The zero-order valence-electron chi connectivity index (χ0n) is 18.7. The quantitative estimate of drug-likeness (QED) is 0.117. The summed E-state index contributed by atoms with van der Waals surface area (Å²) in [4.78, 5) is 19.8. The Balaban J connectivity index is -0.000000379. The van der Waals surface area contributed by atoms with Gasteiger partial charge in [-0.1, -0.05) is 84.5 Å². The van der Waals surface area contributed by atoms with Crippen molar-refractivity contribution in [3.8, 4) is 0 Å². The number of cyclic esters (lactones) is 2. The smallest absolute Gasteiger partial charge is 0.387 e. The third kappa shape index (κ3) is 32.7. The first-order valence-corrected chi connectivity index (χ1v) is 12.1. The Hall–Kier alpha value is -0.210. The maximum absolute atomic E-state index is 9.92. The molecule has 1 N–H and O–H groups in total. The van der Waals surface area contributed by atoms with E-state index < -0.39 is 22.1 Å². The number of hydrogen-bond acceptors (Lipinski definition) is 5. The molecular formula is C21H39NaO6S. The zero-order valence-corrected chi connectivity index (χ0v) is 21.5. The minimum absolute atomic E-state index is 0. The van der Waals surface area contributed by atoms with Gasteiger partial charge in [0.25, 0.3) is 10.1 Å². The van der Waals surface area contributed by atoms with Gasteiger partial charge in [-0.25, -0.2) is 9.59 Å². The van der Waals surface area contributed by atoms with Crippen LogP contribution in [0, 0.1) is 6.92 Å². The second-order valence-corrected chi connectivity index (χ2v) is 8.32. The van der Waals surface area contributed by atoms with Gasteiger partial charge >= 0.3 is 41.5 Å². The largest absolute Gasteiger partial charge is 1.00 e. The van der Waals surface area contributed by atoms with Gasteiger partial charge in [-0.05, 0) is 6.42 Å². The van der Waals surface area contributed by atoms with Crippen LogP contribution in [0.5, 0.6) is 0 Å². The summed E-state index contributed by atoms with van der Waals surface area (Å²) in [6, 6.07) is 0. The van der Waals surface area contributed by atoms with Crippen molar-refractivity contribution in [3.63, 3.8) is 0 Å². The summed E-state index contributed by atoms with van der Waals surface area (Å²) in [5, 5.41) is 0. The van der Waals surface area contributed by atoms with Gasteiger partial charge in [-0.3, -0.25) is 4.55 Å². The summed E-state index contributed by atoms with van der Waals surface area (Å²) in [6.45, 7) is 7.83. The molecule has 166 valence electrons. The number of rotatable bonds is 13. The van der Waals surface area contributed by atoms with E-state index in [0.717, 1.165) is 18.6 Å². The van der Waals surface area contributed by atoms with Crippen LogP contribution < -0.4 is 29.6 Å². The van der Waals surface area contributed by atoms with Crippen LogP contribution in [0.3, 0.4) is 0 Å². The number of unbranched alkanes of at least 4 members (excludes halogenated alkanes) is 11. The van der Waals surface area contributed by atoms with E-state index in [0.29, 0.717) is 6.42 Å². The Labute approximate surface area is 200 Å². The molecule has 0 spiro atoms. The predicted molar refractivity (Wildman–Crippen MR) is 113 cm³/mol. The fourth-order valence-corrected chi connectivity index (χ4v) is 2.92. The first kappa shape index (κ1) is 33.4. The summed E-state index contributed by atoms with van der Waals surface area (Å²) >= 11 is 0. The number of esters is 2. The molecule has 0 radical (unpaired) electrons. The standard InChI is InChI=1S/C14H29.C4H2O3.C3H8O3S.Na/c1-3-5-7-9-11-13-14-12-10-8-6-4-2;5-3-1-2-4(6)7-3;1-2-3-7(4,5)6;/h1,3-14H2,2H3;1-2H;2-3H2,1H3,(H,4,5,6);/q-1;;;+1. The zero-order chi connectivity index (χ0) is 21.7. The number of hydrogen-bond donors (Lipinski definition) is 1. The maximum Gasteiger partial charge on any atom is 1.00 e. The number of carbonyl (C=O) groups excluding carboxylic acids is 2. The number of carbonyl (C=O) groups is 2. The molecule has 0 atom stereocenters. The minimum Gasteiger partial charge on any atom is -0.387 e. The molecule has 8 heteroatoms. The molecule has 0 unspecified atom stereocenters. The average Bonchev–Trinajstić information content (AvgIpc) is 3.00. The second-order valence-electron chi connectivity index (χ2n) is 6.75. The van der Waals surface area contributed by atoms with E-state index in [9.17, 15) is 18.0 Å². The molecule has 1 heterocycles. The Morgan fingerprint density at radius 2 is 1.17 bits per heavy atom. The SMILES string of the molecule is CCCS(=O)(=O)O.O=C1C=CC(=O)O1.[CH2-]CCCCCCCCCCCCC.[Na+]. The molecule has 29 heavy (non-hydrogen) atoms. The molecule has 1 aliphatic rings. The van der Waals surface area contributed by atoms with Crippen molar-refractivity contribution in [1.29, 1.82) is 0 Å². The molecule has 1 rings (SSSR count). The molecule has 0 aliphatic carbocycles. The Bertz CT molecular complexity index is 489. The molecule has 0 saturated carbocycles. The van der Waals surface area contributed by atoms with E-state index in [1.165, 1.54) is 70.6 Å². The van der Waals surface area contributed by atoms with E-state index in [1.807, 2.05) is 0 Å². The predicted octanol–water partition coefficient (Wildman–Crippen LogP) is 2.44. The molecule has 6 nitrogen and oxygen atoms in total. The Morgan fingerprint density at radius 3 is 1.38 bits per heavy atom. The maximum atomic E-state index is 9.92. The van der Waals surface area contributed by atoms with Crippen LogP contribution >= 0.6 is 0 Å². The van der Waals surface area contributed by atoms with Gasteiger partial charge in [-0.15, -0.1) is 0 Å². The van der Waals surface area contributed by atoms with Crippen molar-refractivity contribution < 1.29 is 56.9 Å². The van der Waals surface area contributed by atoms with Gasteiger partial charge in [0, 0.05) is 12.2 Å². The molecule has 0 aromatic heterocycles. The van der Waals surface area contributed by atoms with Gasteiger partial charge in [0.05, 0.1) is 5.75 Å². The van der Waals surface area contributed by atoms with Crippen LogP contribution in [-0.4, -0.2) is 30.7 Å². The summed E-state index contributed by atoms with van der Waals surface area (Å²) in [5.74, 6) is -1.29. The first-order valence-electron chi connectivity index (χ1n) is 10.4. The summed E-state index contributed by atoms with van der Waals surface area (Å²) < 4.78 is 31.5. The topological polar surface area (TPSA) is 97.7 Å². The number of ether oxygens (including phenoxy) is 1. The van der Waals surface area contributed by atoms with Gasteiger partial charge < -0.3 is 11.7 Å². The molecule has 1 aliphatic heterocycles. The van der Waals surface area contributed by atoms with Crippen LogP contribution in [0.1, 0.15) is 97.3 Å². The molecule has 0 aromatic carbocycles. The molecular weight excluding hydrogens is 403 g/mol. The minimum atomic E-state index is -3.67. The summed E-state index contributed by atoms with van der Waals surface area (Å²) in [7, 11) is -3.67. The van der Waals surface area contributed by atoms with Crippen molar-refractivity contribution in [2.45, 2.75) is 97.3 Å². The summed E-state index contributed by atoms with van der Waals surface area (Å²) in [5.41, 5.74) is 0. The van der Waals surface area contributed by atoms with Crippen LogP contribution in [0.2, 0.25) is 0 Å². The van der Waals surface area contributed by atoms with E-state index in [1.54, 1.807) is 6.92 Å². The molecule has 0 amide bonds. The Morgan fingerprint density at radius 1 is 0.793 bits per heavy atom. The fraction of sp³-hybridized carbons (Fsp3) is 0.762. The van der Waals surface area contributed by atoms with E-state index in [2.05, 4.69) is 18.6 Å². The Kier molecular flexibility index (Phi) is 27.7. The molecule has 0 fully saturated rings. The van der Waals surface area contributed by atoms with Gasteiger partial charge in [0.15, 0.2) is 0 Å². The van der Waals surface area contributed by atoms with Crippen molar-refractivity contribution in [2.24, 2.45) is 0 Å². The molecule has 0 aromatic rings. The van der Waals surface area contributed by atoms with Gasteiger partial charge in [0.2, 0.25) is 0 Å². The summed E-state index contributed by atoms with van der Waals surface area (Å²) in [6.07, 6.45) is 19.5. The average molecular weight is 443 g/mol. The molecule has 0 bridgehead atoms. The second kappa shape index (κ2) is 24.1. The normalized spacial score (nSPS) is 12.3. The van der Waals surface area contributed by atoms with Crippen LogP contribution in [0.25, 0.3) is 0 Å². The molecule has 0 saturated heterocycles. The first-order chi connectivity index (χ1) is 13.3. The van der Waals surface area contributed by atoms with Gasteiger partial charge in [0.1, 0.15) is 0 Å². The third-order valence-corrected chi connectivity index (χ3v) is 4.80. The van der Waals surface area contributed by atoms with E-state index in [4.69, 9.17) is 4.55 Å². The van der Waals surface area contributed by atoms with Crippen molar-refractivity contribution in [2.75, 3.05) is 5.75 Å². The van der Waals surface area contributed by atoms with Crippen molar-refractivity contribution in [3.05, 3.63) is 19.1 Å². The van der Waals surface area contributed by atoms with Crippen LogP contribution in [0.4, 0.5) is 0 Å². The van der Waals surface area contributed by atoms with Crippen molar-refractivity contribution in [1.82, 2.24) is 0 Å². The van der Waals surface area contributed by atoms with E-state index >= 15 is 0 Å². The van der Waals surface area contributed by atoms with E-state index in [-0.39, 0.29) is 35.3 Å².